The molecule has 5 rings (SSSR count). The van der Waals surface area contributed by atoms with Gasteiger partial charge in [-0.2, -0.15) is 5.10 Å². The summed E-state index contributed by atoms with van der Waals surface area (Å²) in [6, 6.07) is 13.0. The molecule has 0 aliphatic carbocycles. The number of amides is 3. The number of carbonyl (C=O) groups excluding carboxylic acids is 2. The largest absolute Gasteiger partial charge is 0.489 e. The van der Waals surface area contributed by atoms with Crippen molar-refractivity contribution in [1.82, 2.24) is 19.9 Å². The van der Waals surface area contributed by atoms with Crippen molar-refractivity contribution in [3.63, 3.8) is 0 Å². The summed E-state index contributed by atoms with van der Waals surface area (Å²) in [4.78, 5) is 31.0. The van der Waals surface area contributed by atoms with Gasteiger partial charge in [-0.25, -0.2) is 18.7 Å². The van der Waals surface area contributed by atoms with E-state index in [1.165, 1.54) is 23.1 Å². The van der Waals surface area contributed by atoms with E-state index in [0.717, 1.165) is 0 Å². The molecule has 174 valence electrons. The van der Waals surface area contributed by atoms with Gasteiger partial charge in [0.1, 0.15) is 29.9 Å². The fraction of sp³-hybridized carbons (Fsp3) is 0.120. The molecule has 0 bridgehead atoms. The number of aromatic nitrogens is 3. The molecule has 3 heterocycles. The third-order valence-electron chi connectivity index (χ3n) is 5.36. The number of urea groups is 1. The summed E-state index contributed by atoms with van der Waals surface area (Å²) in [5, 5.41) is 9.55. The molecular formula is C25H19FN6O3. The Morgan fingerprint density at radius 2 is 2.06 bits per heavy atom. The summed E-state index contributed by atoms with van der Waals surface area (Å²) >= 11 is 0. The van der Waals surface area contributed by atoms with E-state index in [1.54, 1.807) is 54.3 Å². The van der Waals surface area contributed by atoms with Crippen molar-refractivity contribution in [3.05, 3.63) is 84.1 Å². The summed E-state index contributed by atoms with van der Waals surface area (Å²) in [5.74, 6) is 5.44. The maximum atomic E-state index is 13.6. The third kappa shape index (κ3) is 4.60. The second-order valence-electron chi connectivity index (χ2n) is 7.74. The van der Waals surface area contributed by atoms with Crippen LogP contribution in [0.15, 0.2) is 67.0 Å². The lowest BCUT2D eigenvalue weighted by molar-refractivity contribution is -0.120. The van der Waals surface area contributed by atoms with Crippen LogP contribution >= 0.6 is 0 Å². The van der Waals surface area contributed by atoms with Crippen LogP contribution in [0.25, 0.3) is 5.65 Å². The molecule has 2 aromatic carbocycles. The van der Waals surface area contributed by atoms with Gasteiger partial charge in [-0.3, -0.25) is 4.79 Å². The van der Waals surface area contributed by atoms with Crippen LogP contribution < -0.4 is 20.3 Å². The summed E-state index contributed by atoms with van der Waals surface area (Å²) in [6.07, 6.45) is 3.29. The van der Waals surface area contributed by atoms with Crippen LogP contribution in [0.4, 0.5) is 20.6 Å². The highest BCUT2D eigenvalue weighted by molar-refractivity contribution is 6.02. The number of fused-ring (bicyclic) bond motifs is 2. The van der Waals surface area contributed by atoms with Crippen LogP contribution in [-0.2, 0) is 4.79 Å². The first-order chi connectivity index (χ1) is 17.0. The molecule has 1 aliphatic rings. The Bertz CT molecular complexity index is 1510. The average molecular weight is 470 g/mol. The molecule has 2 aromatic heterocycles. The van der Waals surface area contributed by atoms with Gasteiger partial charge in [0, 0.05) is 30.6 Å². The first kappa shape index (κ1) is 21.9. The first-order valence-corrected chi connectivity index (χ1v) is 10.7. The van der Waals surface area contributed by atoms with Gasteiger partial charge >= 0.3 is 6.03 Å². The molecule has 10 heteroatoms. The van der Waals surface area contributed by atoms with E-state index in [9.17, 15) is 14.0 Å². The van der Waals surface area contributed by atoms with Gasteiger partial charge in [-0.15, -0.1) is 0 Å². The Hall–Kier alpha value is -4.91. The molecule has 4 aromatic rings. The van der Waals surface area contributed by atoms with E-state index in [2.05, 4.69) is 32.6 Å². The molecule has 1 aliphatic heterocycles. The monoisotopic (exact) mass is 470 g/mol. The summed E-state index contributed by atoms with van der Waals surface area (Å²) in [7, 11) is 1.54. The van der Waals surface area contributed by atoms with Gasteiger partial charge < -0.3 is 20.3 Å². The second-order valence-corrected chi connectivity index (χ2v) is 7.74. The minimum atomic E-state index is -0.957. The Morgan fingerprint density at radius 1 is 1.17 bits per heavy atom. The van der Waals surface area contributed by atoms with E-state index < -0.39 is 17.9 Å². The topological polar surface area (TPSA) is 101 Å². The lowest BCUT2D eigenvalue weighted by atomic mass is 10.2. The van der Waals surface area contributed by atoms with E-state index >= 15 is 0 Å². The zero-order chi connectivity index (χ0) is 24.4. The van der Waals surface area contributed by atoms with Gasteiger partial charge in [-0.1, -0.05) is 12.0 Å². The van der Waals surface area contributed by atoms with Crippen molar-refractivity contribution in [1.29, 1.82) is 0 Å². The highest BCUT2D eigenvalue weighted by Gasteiger charge is 2.30. The lowest BCUT2D eigenvalue weighted by Crippen LogP contribution is -2.50. The van der Waals surface area contributed by atoms with E-state index in [1.807, 2.05) is 6.07 Å². The number of imidazole rings is 1. The third-order valence-corrected chi connectivity index (χ3v) is 5.36. The van der Waals surface area contributed by atoms with Gasteiger partial charge in [0.2, 0.25) is 0 Å². The van der Waals surface area contributed by atoms with Crippen molar-refractivity contribution < 1.29 is 18.7 Å². The number of hydrogen-bond donors (Lipinski definition) is 2. The van der Waals surface area contributed by atoms with Crippen LogP contribution in [0, 0.1) is 17.7 Å². The number of benzene rings is 2. The minimum Gasteiger partial charge on any atom is -0.489 e. The molecule has 35 heavy (non-hydrogen) atoms. The number of anilines is 2. The molecule has 0 saturated carbocycles. The predicted molar refractivity (Wildman–Crippen MR) is 127 cm³/mol. The SMILES string of the molecule is CN1C(=O)[C@H](NC(=O)Nc2cccc(C#Cc3cnc4cccnn34)c2)COc2cc(F)ccc21. The predicted octanol–water partition coefficient (Wildman–Crippen LogP) is 2.81. The van der Waals surface area contributed by atoms with E-state index in [0.29, 0.717) is 28.3 Å². The average Bonchev–Trinajstić information content (AvgIpc) is 3.23. The Balaban J connectivity index is 1.26. The normalized spacial score (nSPS) is 14.9. The lowest BCUT2D eigenvalue weighted by Gasteiger charge is -2.20. The first-order valence-electron chi connectivity index (χ1n) is 10.7. The number of hydrogen-bond acceptors (Lipinski definition) is 5. The van der Waals surface area contributed by atoms with Crippen molar-refractivity contribution in [2.24, 2.45) is 0 Å². The number of ether oxygens (including phenoxy) is 1. The number of nitrogens with one attached hydrogen (secondary N) is 2. The maximum absolute atomic E-state index is 13.6. The van der Waals surface area contributed by atoms with Crippen molar-refractivity contribution in [2.45, 2.75) is 6.04 Å². The number of nitrogens with zero attached hydrogens (tertiary/aromatic N) is 4. The fourth-order valence-electron chi connectivity index (χ4n) is 3.63. The molecule has 0 saturated heterocycles. The number of halogens is 1. The molecule has 0 radical (unpaired) electrons. The minimum absolute atomic E-state index is 0.133. The van der Waals surface area contributed by atoms with E-state index in [-0.39, 0.29) is 18.3 Å². The molecule has 0 unspecified atom stereocenters. The van der Waals surface area contributed by atoms with Crippen molar-refractivity contribution >= 4 is 29.0 Å². The van der Waals surface area contributed by atoms with Crippen LogP contribution in [-0.4, -0.2) is 46.2 Å². The van der Waals surface area contributed by atoms with Gasteiger partial charge in [0.05, 0.1) is 11.9 Å². The van der Waals surface area contributed by atoms with Gasteiger partial charge in [0.15, 0.2) is 5.65 Å². The van der Waals surface area contributed by atoms with Crippen molar-refractivity contribution in [3.8, 4) is 17.6 Å². The highest BCUT2D eigenvalue weighted by Crippen LogP contribution is 2.31. The highest BCUT2D eigenvalue weighted by atomic mass is 19.1. The number of carbonyl (C=O) groups is 2. The Kier molecular flexibility index (Phi) is 5.73. The smallest absolute Gasteiger partial charge is 0.320 e. The molecule has 3 amide bonds. The van der Waals surface area contributed by atoms with Gasteiger partial charge in [0.25, 0.3) is 5.91 Å². The summed E-state index contributed by atoms with van der Waals surface area (Å²) in [5.41, 5.74) is 2.91. The van der Waals surface area contributed by atoms with Crippen molar-refractivity contribution in [2.75, 3.05) is 23.9 Å². The van der Waals surface area contributed by atoms with Gasteiger partial charge in [-0.05, 0) is 48.4 Å². The van der Waals surface area contributed by atoms with Crippen LogP contribution in [0.2, 0.25) is 0 Å². The molecule has 9 nitrogen and oxygen atoms in total. The zero-order valence-corrected chi connectivity index (χ0v) is 18.5. The van der Waals surface area contributed by atoms with Crippen LogP contribution in [0.5, 0.6) is 5.75 Å². The molecule has 2 N–H and O–H groups in total. The maximum Gasteiger partial charge on any atom is 0.320 e. The standard InChI is InChI=1S/C25H19FN6O3/c1-31-21-10-8-17(26)13-22(21)35-15-20(24(31)33)30-25(34)29-18-5-2-4-16(12-18)7-9-19-14-27-23-6-3-11-28-32(19)23/h2-6,8,10-14,20H,15H2,1H3,(H2,29,30,34)/t20-/m1/s1. The fourth-order valence-corrected chi connectivity index (χ4v) is 3.63. The molecule has 1 atom stereocenters. The summed E-state index contributed by atoms with van der Waals surface area (Å²) < 4.78 is 20.8. The Labute approximate surface area is 199 Å². The zero-order valence-electron chi connectivity index (χ0n) is 18.5. The van der Waals surface area contributed by atoms with E-state index in [4.69, 9.17) is 4.74 Å². The summed E-state index contributed by atoms with van der Waals surface area (Å²) in [6.45, 7) is -0.133. The molecule has 0 spiro atoms. The van der Waals surface area contributed by atoms with Crippen LogP contribution in [0.3, 0.4) is 0 Å². The van der Waals surface area contributed by atoms with Crippen LogP contribution in [0.1, 0.15) is 11.3 Å². The molecule has 0 fully saturated rings. The number of rotatable bonds is 2. The molecular weight excluding hydrogens is 451 g/mol. The quantitative estimate of drug-likeness (QED) is 0.439. The number of likely N-dealkylation sites (N-methyl/N-ethyl adjacent to an activating group) is 1. The second kappa shape index (κ2) is 9.15. The Morgan fingerprint density at radius 3 is 2.94 bits per heavy atom.